The van der Waals surface area contributed by atoms with Crippen molar-refractivity contribution in [1.82, 2.24) is 8.87 Å². The highest BCUT2D eigenvalue weighted by atomic mass is 32.2. The maximum absolute atomic E-state index is 13.2. The molecule has 38 heavy (non-hydrogen) atoms. The van der Waals surface area contributed by atoms with Gasteiger partial charge in [0.2, 0.25) is 10.0 Å². The van der Waals surface area contributed by atoms with Crippen molar-refractivity contribution >= 4 is 43.5 Å². The van der Waals surface area contributed by atoms with Crippen LogP contribution in [-0.2, 0) is 26.1 Å². The Morgan fingerprint density at radius 3 is 2.34 bits per heavy atom. The van der Waals surface area contributed by atoms with E-state index in [1.807, 2.05) is 19.1 Å². The van der Waals surface area contributed by atoms with Crippen LogP contribution in [0.25, 0.3) is 10.2 Å². The van der Waals surface area contributed by atoms with Crippen LogP contribution in [0.1, 0.15) is 44.5 Å². The van der Waals surface area contributed by atoms with Gasteiger partial charge >= 0.3 is 5.97 Å². The maximum atomic E-state index is 13.2. The molecule has 0 bridgehead atoms. The van der Waals surface area contributed by atoms with Crippen molar-refractivity contribution in [3.05, 3.63) is 52.8 Å². The van der Waals surface area contributed by atoms with Gasteiger partial charge in [-0.05, 0) is 74.6 Å². The maximum Gasteiger partial charge on any atom is 0.326 e. The Hall–Kier alpha value is -3.02. The largest absolute Gasteiger partial charge is 0.494 e. The Bertz CT molecular complexity index is 1480. The molecule has 1 aliphatic rings. The minimum Gasteiger partial charge on any atom is -0.494 e. The lowest BCUT2D eigenvalue weighted by Crippen LogP contribution is -2.42. The molecule has 1 aromatic heterocycles. The first-order valence-corrected chi connectivity index (χ1v) is 15.0. The molecule has 3 aromatic rings. The van der Waals surface area contributed by atoms with Gasteiger partial charge in [0, 0.05) is 18.7 Å². The number of esters is 1. The van der Waals surface area contributed by atoms with Crippen LogP contribution in [0, 0.1) is 11.8 Å². The van der Waals surface area contributed by atoms with Crippen LogP contribution in [0.5, 0.6) is 5.75 Å². The molecule has 1 amide bonds. The first kappa shape index (κ1) is 28.0. The molecule has 11 heteroatoms. The minimum absolute atomic E-state index is 0.0994. The summed E-state index contributed by atoms with van der Waals surface area (Å²) in [6.45, 7) is 9.36. The zero-order valence-corrected chi connectivity index (χ0v) is 23.7. The van der Waals surface area contributed by atoms with E-state index in [1.165, 1.54) is 39.9 Å². The first-order valence-electron chi connectivity index (χ1n) is 12.7. The van der Waals surface area contributed by atoms with Crippen molar-refractivity contribution in [1.29, 1.82) is 0 Å². The lowest BCUT2D eigenvalue weighted by atomic mass is 9.94. The zero-order valence-electron chi connectivity index (χ0n) is 22.0. The van der Waals surface area contributed by atoms with E-state index in [-0.39, 0.29) is 23.6 Å². The van der Waals surface area contributed by atoms with Crippen LogP contribution in [0.2, 0.25) is 0 Å². The molecule has 0 spiro atoms. The molecule has 2 heterocycles. The summed E-state index contributed by atoms with van der Waals surface area (Å²) in [7, 11) is -3.66. The molecule has 2 unspecified atom stereocenters. The molecular formula is C27H33N3O6S2. The normalized spacial score (nSPS) is 19.0. The van der Waals surface area contributed by atoms with Gasteiger partial charge in [0.05, 0.1) is 28.3 Å². The van der Waals surface area contributed by atoms with Gasteiger partial charge in [-0.1, -0.05) is 25.2 Å². The number of sulfonamides is 1. The average molecular weight is 560 g/mol. The SMILES string of the molecule is CCOC(=O)Cn1c(=NC(=O)c2ccc(S(=O)(=O)N3CC(C)CC(C)C3)cc2)sc2cc(OCC)ccc21. The van der Waals surface area contributed by atoms with E-state index in [0.29, 0.717) is 42.1 Å². The topological polar surface area (TPSA) is 107 Å². The number of benzene rings is 2. The third-order valence-electron chi connectivity index (χ3n) is 6.33. The van der Waals surface area contributed by atoms with Gasteiger partial charge in [0.1, 0.15) is 12.3 Å². The summed E-state index contributed by atoms with van der Waals surface area (Å²) in [5.41, 5.74) is 0.976. The van der Waals surface area contributed by atoms with E-state index in [0.717, 1.165) is 16.6 Å². The van der Waals surface area contributed by atoms with Gasteiger partial charge in [0.15, 0.2) is 4.80 Å². The highest BCUT2D eigenvalue weighted by molar-refractivity contribution is 7.89. The molecule has 0 saturated carbocycles. The second-order valence-corrected chi connectivity index (χ2v) is 12.5. The smallest absolute Gasteiger partial charge is 0.326 e. The van der Waals surface area contributed by atoms with Crippen LogP contribution in [0.15, 0.2) is 52.4 Å². The molecule has 1 saturated heterocycles. The third-order valence-corrected chi connectivity index (χ3v) is 9.22. The van der Waals surface area contributed by atoms with E-state index in [1.54, 1.807) is 17.6 Å². The Balaban J connectivity index is 1.65. The predicted molar refractivity (Wildman–Crippen MR) is 146 cm³/mol. The summed E-state index contributed by atoms with van der Waals surface area (Å²) in [5, 5.41) is 0. The number of ether oxygens (including phenoxy) is 2. The molecule has 1 aliphatic heterocycles. The van der Waals surface area contributed by atoms with E-state index >= 15 is 0 Å². The number of amides is 1. The number of thiazole rings is 1. The Labute approximate surface area is 226 Å². The molecule has 2 aromatic carbocycles. The average Bonchev–Trinajstić information content (AvgIpc) is 3.19. The third kappa shape index (κ3) is 6.16. The number of carbonyl (C=O) groups is 2. The number of rotatable bonds is 8. The van der Waals surface area contributed by atoms with Crippen LogP contribution in [0.3, 0.4) is 0 Å². The predicted octanol–water partition coefficient (Wildman–Crippen LogP) is 4.07. The molecule has 0 radical (unpaired) electrons. The van der Waals surface area contributed by atoms with Crippen molar-refractivity contribution in [2.75, 3.05) is 26.3 Å². The van der Waals surface area contributed by atoms with Crippen molar-refractivity contribution in [3.63, 3.8) is 0 Å². The van der Waals surface area contributed by atoms with Gasteiger partial charge in [-0.2, -0.15) is 9.30 Å². The molecular weight excluding hydrogens is 526 g/mol. The van der Waals surface area contributed by atoms with Gasteiger partial charge in [-0.15, -0.1) is 0 Å². The fourth-order valence-electron chi connectivity index (χ4n) is 4.76. The van der Waals surface area contributed by atoms with Gasteiger partial charge in [0.25, 0.3) is 5.91 Å². The van der Waals surface area contributed by atoms with Crippen LogP contribution in [0.4, 0.5) is 0 Å². The second-order valence-electron chi connectivity index (χ2n) is 9.55. The van der Waals surface area contributed by atoms with Crippen molar-refractivity contribution in [2.45, 2.75) is 45.6 Å². The molecule has 0 N–H and O–H groups in total. The van der Waals surface area contributed by atoms with Crippen molar-refractivity contribution < 1.29 is 27.5 Å². The van der Waals surface area contributed by atoms with Gasteiger partial charge < -0.3 is 14.0 Å². The highest BCUT2D eigenvalue weighted by Gasteiger charge is 2.31. The highest BCUT2D eigenvalue weighted by Crippen LogP contribution is 2.27. The molecule has 204 valence electrons. The lowest BCUT2D eigenvalue weighted by Gasteiger charge is -2.34. The summed E-state index contributed by atoms with van der Waals surface area (Å²) in [6.07, 6.45) is 1.00. The van der Waals surface area contributed by atoms with Crippen LogP contribution in [-0.4, -0.2) is 55.5 Å². The number of piperidine rings is 1. The van der Waals surface area contributed by atoms with E-state index in [9.17, 15) is 18.0 Å². The van der Waals surface area contributed by atoms with Crippen molar-refractivity contribution in [3.8, 4) is 5.75 Å². The molecule has 1 fully saturated rings. The number of nitrogens with zero attached hydrogens (tertiary/aromatic N) is 3. The van der Waals surface area contributed by atoms with Crippen LogP contribution >= 0.6 is 11.3 Å². The van der Waals surface area contributed by atoms with E-state index in [4.69, 9.17) is 9.47 Å². The van der Waals surface area contributed by atoms with Gasteiger partial charge in [-0.25, -0.2) is 8.42 Å². The number of hydrogen-bond donors (Lipinski definition) is 0. The number of carbonyl (C=O) groups excluding carboxylic acids is 2. The molecule has 4 rings (SSSR count). The standard InChI is InChI=1S/C27H33N3O6S2/c1-5-35-21-9-12-23-24(14-21)37-27(30(23)17-25(31)36-6-2)28-26(32)20-7-10-22(11-8-20)38(33,34)29-15-18(3)13-19(4)16-29/h7-12,14,18-19H,5-6,13,15-17H2,1-4H3. The lowest BCUT2D eigenvalue weighted by molar-refractivity contribution is -0.143. The summed E-state index contributed by atoms with van der Waals surface area (Å²) in [6, 6.07) is 11.3. The van der Waals surface area contributed by atoms with E-state index in [2.05, 4.69) is 18.8 Å². The molecule has 0 aliphatic carbocycles. The van der Waals surface area contributed by atoms with Crippen molar-refractivity contribution in [2.24, 2.45) is 16.8 Å². The molecule has 9 nitrogen and oxygen atoms in total. The summed E-state index contributed by atoms with van der Waals surface area (Å²) in [4.78, 5) is 30.2. The van der Waals surface area contributed by atoms with Gasteiger partial charge in [-0.3, -0.25) is 9.59 Å². The first-order chi connectivity index (χ1) is 18.1. The quantitative estimate of drug-likeness (QED) is 0.385. The fourth-order valence-corrected chi connectivity index (χ4v) is 7.49. The Kier molecular flexibility index (Phi) is 8.69. The second kappa shape index (κ2) is 11.8. The monoisotopic (exact) mass is 559 g/mol. The number of hydrogen-bond acceptors (Lipinski definition) is 7. The Morgan fingerprint density at radius 2 is 1.71 bits per heavy atom. The fraction of sp³-hybridized carbons (Fsp3) is 0.444. The Morgan fingerprint density at radius 1 is 1.03 bits per heavy atom. The van der Waals surface area contributed by atoms with E-state index < -0.39 is 21.9 Å². The molecule has 2 atom stereocenters. The zero-order chi connectivity index (χ0) is 27.4. The van der Waals surface area contributed by atoms with Crippen LogP contribution < -0.4 is 9.54 Å². The minimum atomic E-state index is -3.66. The summed E-state index contributed by atoms with van der Waals surface area (Å²) < 4.78 is 41.0. The summed E-state index contributed by atoms with van der Waals surface area (Å²) in [5.74, 6) is 0.284. The number of aromatic nitrogens is 1. The summed E-state index contributed by atoms with van der Waals surface area (Å²) >= 11 is 1.26. The number of fused-ring (bicyclic) bond motifs is 1.